The van der Waals surface area contributed by atoms with Crippen LogP contribution in [0.25, 0.3) is 0 Å². The normalized spacial score (nSPS) is 15.8. The average molecular weight is 276 g/mol. The van der Waals surface area contributed by atoms with Crippen LogP contribution in [-0.4, -0.2) is 36.5 Å². The summed E-state index contributed by atoms with van der Waals surface area (Å²) in [6, 6.07) is 6.91. The molecule has 1 aromatic rings. The van der Waals surface area contributed by atoms with Crippen molar-refractivity contribution < 1.29 is 14.3 Å². The van der Waals surface area contributed by atoms with Crippen LogP contribution in [0.1, 0.15) is 30.6 Å². The lowest BCUT2D eigenvalue weighted by atomic mass is 10.0. The Morgan fingerprint density at radius 2 is 1.95 bits per heavy atom. The van der Waals surface area contributed by atoms with Crippen LogP contribution in [0, 0.1) is 5.92 Å². The molecule has 1 saturated heterocycles. The summed E-state index contributed by atoms with van der Waals surface area (Å²) < 4.78 is 5.06. The van der Waals surface area contributed by atoms with Crippen molar-refractivity contribution in [2.24, 2.45) is 5.92 Å². The van der Waals surface area contributed by atoms with E-state index in [-0.39, 0.29) is 23.9 Å². The van der Waals surface area contributed by atoms with E-state index >= 15 is 0 Å². The zero-order chi connectivity index (χ0) is 14.7. The maximum absolute atomic E-state index is 12.2. The fourth-order valence-electron chi connectivity index (χ4n) is 2.19. The zero-order valence-corrected chi connectivity index (χ0v) is 12.1. The number of nitrogens with one attached hydrogen (secondary N) is 1. The van der Waals surface area contributed by atoms with Gasteiger partial charge in [-0.2, -0.15) is 0 Å². The SMILES string of the molecule is COc1ccc(C(=O)N[C@@H](C(C)C)N2CCC2=O)cc1. The molecule has 1 aliphatic rings. The molecular weight excluding hydrogens is 256 g/mol. The number of benzene rings is 1. The Hall–Kier alpha value is -2.04. The summed E-state index contributed by atoms with van der Waals surface area (Å²) >= 11 is 0. The summed E-state index contributed by atoms with van der Waals surface area (Å²) in [6.07, 6.45) is 0.326. The molecule has 0 radical (unpaired) electrons. The maximum atomic E-state index is 12.2. The van der Waals surface area contributed by atoms with E-state index < -0.39 is 0 Å². The van der Waals surface area contributed by atoms with Gasteiger partial charge in [0.05, 0.1) is 7.11 Å². The first-order valence-electron chi connectivity index (χ1n) is 6.77. The molecular formula is C15H20N2O3. The molecule has 0 saturated carbocycles. The molecule has 5 heteroatoms. The van der Waals surface area contributed by atoms with E-state index in [1.807, 2.05) is 13.8 Å². The smallest absolute Gasteiger partial charge is 0.252 e. The Bertz CT molecular complexity index is 496. The van der Waals surface area contributed by atoms with Gasteiger partial charge >= 0.3 is 0 Å². The lowest BCUT2D eigenvalue weighted by Gasteiger charge is -2.40. The molecule has 0 unspecified atom stereocenters. The van der Waals surface area contributed by atoms with Gasteiger partial charge in [0, 0.05) is 18.5 Å². The van der Waals surface area contributed by atoms with Gasteiger partial charge in [-0.25, -0.2) is 0 Å². The Morgan fingerprint density at radius 3 is 2.35 bits per heavy atom. The largest absolute Gasteiger partial charge is 0.497 e. The molecule has 1 N–H and O–H groups in total. The number of likely N-dealkylation sites (tertiary alicyclic amines) is 1. The third kappa shape index (κ3) is 2.92. The second kappa shape index (κ2) is 5.94. The van der Waals surface area contributed by atoms with Gasteiger partial charge in [-0.15, -0.1) is 0 Å². The van der Waals surface area contributed by atoms with Crippen LogP contribution in [0.15, 0.2) is 24.3 Å². The number of carbonyl (C=O) groups is 2. The molecule has 2 rings (SSSR count). The highest BCUT2D eigenvalue weighted by molar-refractivity contribution is 5.95. The Morgan fingerprint density at radius 1 is 1.30 bits per heavy atom. The van der Waals surface area contributed by atoms with Gasteiger partial charge < -0.3 is 15.0 Å². The summed E-state index contributed by atoms with van der Waals surface area (Å²) in [5.74, 6) is 0.797. The van der Waals surface area contributed by atoms with E-state index in [0.717, 1.165) is 0 Å². The molecule has 1 aliphatic heterocycles. The maximum Gasteiger partial charge on any atom is 0.252 e. The van der Waals surface area contributed by atoms with E-state index in [1.165, 1.54) is 0 Å². The van der Waals surface area contributed by atoms with Crippen molar-refractivity contribution >= 4 is 11.8 Å². The number of methoxy groups -OCH3 is 1. The molecule has 2 amide bonds. The molecule has 0 aliphatic carbocycles. The van der Waals surface area contributed by atoms with Gasteiger partial charge in [-0.3, -0.25) is 9.59 Å². The quantitative estimate of drug-likeness (QED) is 0.832. The Kier molecular flexibility index (Phi) is 4.27. The monoisotopic (exact) mass is 276 g/mol. The number of rotatable bonds is 5. The number of ether oxygens (including phenoxy) is 1. The molecule has 20 heavy (non-hydrogen) atoms. The van der Waals surface area contributed by atoms with Crippen LogP contribution in [0.4, 0.5) is 0 Å². The Labute approximate surface area is 118 Å². The molecule has 1 fully saturated rings. The second-order valence-electron chi connectivity index (χ2n) is 5.23. The summed E-state index contributed by atoms with van der Waals surface area (Å²) in [5, 5.41) is 2.93. The van der Waals surface area contributed by atoms with Crippen LogP contribution in [0.5, 0.6) is 5.75 Å². The molecule has 5 nitrogen and oxygen atoms in total. The summed E-state index contributed by atoms with van der Waals surface area (Å²) in [4.78, 5) is 25.5. The third-order valence-corrected chi connectivity index (χ3v) is 3.49. The zero-order valence-electron chi connectivity index (χ0n) is 12.1. The number of amides is 2. The number of hydrogen-bond acceptors (Lipinski definition) is 3. The average Bonchev–Trinajstić information content (AvgIpc) is 2.44. The highest BCUT2D eigenvalue weighted by Gasteiger charge is 2.33. The van der Waals surface area contributed by atoms with Crippen LogP contribution >= 0.6 is 0 Å². The molecule has 1 aromatic carbocycles. The van der Waals surface area contributed by atoms with Crippen LogP contribution in [-0.2, 0) is 4.79 Å². The van der Waals surface area contributed by atoms with E-state index in [1.54, 1.807) is 36.3 Å². The minimum Gasteiger partial charge on any atom is -0.497 e. The molecule has 108 valence electrons. The van der Waals surface area contributed by atoms with Crippen molar-refractivity contribution in [3.05, 3.63) is 29.8 Å². The molecule has 1 atom stereocenters. The number of β-lactam (4-membered cyclic amide) rings is 1. The van der Waals surface area contributed by atoms with Crippen molar-refractivity contribution in [3.8, 4) is 5.75 Å². The minimum atomic E-state index is -0.245. The van der Waals surface area contributed by atoms with E-state index in [4.69, 9.17) is 4.74 Å². The topological polar surface area (TPSA) is 58.6 Å². The van der Waals surface area contributed by atoms with Crippen LogP contribution in [0.2, 0.25) is 0 Å². The predicted molar refractivity (Wildman–Crippen MR) is 75.4 cm³/mol. The summed E-state index contributed by atoms with van der Waals surface area (Å²) in [6.45, 7) is 4.69. The fraction of sp³-hybridized carbons (Fsp3) is 0.467. The van der Waals surface area contributed by atoms with E-state index in [0.29, 0.717) is 24.3 Å². The van der Waals surface area contributed by atoms with Crippen LogP contribution in [0.3, 0.4) is 0 Å². The van der Waals surface area contributed by atoms with Crippen molar-refractivity contribution in [1.82, 2.24) is 10.2 Å². The van der Waals surface area contributed by atoms with Crippen molar-refractivity contribution in [2.75, 3.05) is 13.7 Å². The van der Waals surface area contributed by atoms with Gasteiger partial charge in [0.2, 0.25) is 5.91 Å². The number of nitrogens with zero attached hydrogens (tertiary/aromatic N) is 1. The lowest BCUT2D eigenvalue weighted by Crippen LogP contribution is -2.59. The Balaban J connectivity index is 2.05. The van der Waals surface area contributed by atoms with Crippen LogP contribution < -0.4 is 10.1 Å². The summed E-state index contributed by atoms with van der Waals surface area (Å²) in [5.41, 5.74) is 0.560. The predicted octanol–water partition coefficient (Wildman–Crippen LogP) is 1.64. The molecule has 0 spiro atoms. The van der Waals surface area contributed by atoms with Crippen molar-refractivity contribution in [2.45, 2.75) is 26.4 Å². The molecule has 0 aromatic heterocycles. The lowest BCUT2D eigenvalue weighted by molar-refractivity contribution is -0.144. The fourth-order valence-corrected chi connectivity index (χ4v) is 2.19. The second-order valence-corrected chi connectivity index (χ2v) is 5.23. The molecule has 0 bridgehead atoms. The molecule has 1 heterocycles. The first-order chi connectivity index (χ1) is 9.52. The van der Waals surface area contributed by atoms with Gasteiger partial charge in [0.25, 0.3) is 5.91 Å². The summed E-state index contributed by atoms with van der Waals surface area (Å²) in [7, 11) is 1.58. The highest BCUT2D eigenvalue weighted by Crippen LogP contribution is 2.18. The van der Waals surface area contributed by atoms with E-state index in [9.17, 15) is 9.59 Å². The third-order valence-electron chi connectivity index (χ3n) is 3.49. The number of hydrogen-bond donors (Lipinski definition) is 1. The van der Waals surface area contributed by atoms with Crippen molar-refractivity contribution in [1.29, 1.82) is 0 Å². The van der Waals surface area contributed by atoms with Gasteiger partial charge in [0.15, 0.2) is 0 Å². The number of carbonyl (C=O) groups excluding carboxylic acids is 2. The first kappa shape index (κ1) is 14.4. The standard InChI is InChI=1S/C15H20N2O3/c1-10(2)14(17-9-8-13(17)18)16-15(19)11-4-6-12(20-3)7-5-11/h4-7,10,14H,8-9H2,1-3H3,(H,16,19)/t14-/m1/s1. The van der Waals surface area contributed by atoms with E-state index in [2.05, 4.69) is 5.32 Å². The van der Waals surface area contributed by atoms with Gasteiger partial charge in [0.1, 0.15) is 11.9 Å². The van der Waals surface area contributed by atoms with Gasteiger partial charge in [-0.1, -0.05) is 13.8 Å². The first-order valence-corrected chi connectivity index (χ1v) is 6.77. The van der Waals surface area contributed by atoms with Crippen molar-refractivity contribution in [3.63, 3.8) is 0 Å². The minimum absolute atomic E-state index is 0.0960. The van der Waals surface area contributed by atoms with Gasteiger partial charge in [-0.05, 0) is 30.2 Å². The highest BCUT2D eigenvalue weighted by atomic mass is 16.5.